The zero-order valence-electron chi connectivity index (χ0n) is 12.0. The zero-order valence-corrected chi connectivity index (χ0v) is 12.0. The number of aliphatic hydroxyl groups is 2. The van der Waals surface area contributed by atoms with Crippen molar-refractivity contribution < 1.29 is 14.9 Å². The van der Waals surface area contributed by atoms with Crippen molar-refractivity contribution in [3.8, 4) is 5.75 Å². The molecule has 1 aromatic rings. The molecule has 1 rings (SSSR count). The van der Waals surface area contributed by atoms with Crippen molar-refractivity contribution in [2.24, 2.45) is 5.92 Å². The molecule has 4 heteroatoms. The summed E-state index contributed by atoms with van der Waals surface area (Å²) < 4.78 is 5.60. The smallest absolute Gasteiger partial charge is 0.122 e. The van der Waals surface area contributed by atoms with E-state index >= 15 is 0 Å². The quantitative estimate of drug-likeness (QED) is 0.663. The van der Waals surface area contributed by atoms with Gasteiger partial charge in [-0.15, -0.1) is 0 Å². The van der Waals surface area contributed by atoms with Crippen LogP contribution in [0.25, 0.3) is 0 Å². The molecule has 0 fully saturated rings. The Bertz CT molecular complexity index is 382. The summed E-state index contributed by atoms with van der Waals surface area (Å²) >= 11 is 0. The van der Waals surface area contributed by atoms with E-state index in [0.717, 1.165) is 11.3 Å². The summed E-state index contributed by atoms with van der Waals surface area (Å²) in [6, 6.07) is 5.98. The number of rotatable bonds is 8. The minimum absolute atomic E-state index is 0.155. The Morgan fingerprint density at radius 1 is 1.26 bits per heavy atom. The molecule has 2 unspecified atom stereocenters. The molecule has 0 heterocycles. The second-order valence-electron chi connectivity index (χ2n) is 5.18. The summed E-state index contributed by atoms with van der Waals surface area (Å²) in [7, 11) is 0. The van der Waals surface area contributed by atoms with Crippen molar-refractivity contribution in [1.29, 1.82) is 0 Å². The predicted octanol–water partition coefficient (Wildman–Crippen LogP) is 1.26. The summed E-state index contributed by atoms with van der Waals surface area (Å²) in [4.78, 5) is 0. The fraction of sp³-hybridized carbons (Fsp3) is 0.600. The van der Waals surface area contributed by atoms with Crippen LogP contribution in [0, 0.1) is 19.8 Å². The number of hydrogen-bond donors (Lipinski definition) is 3. The van der Waals surface area contributed by atoms with E-state index < -0.39 is 6.10 Å². The second kappa shape index (κ2) is 8.15. The number of aliphatic hydroxyl groups excluding tert-OH is 2. The van der Waals surface area contributed by atoms with Crippen molar-refractivity contribution in [2.75, 3.05) is 26.3 Å². The van der Waals surface area contributed by atoms with Gasteiger partial charge in [0.05, 0.1) is 0 Å². The van der Waals surface area contributed by atoms with Gasteiger partial charge in [-0.3, -0.25) is 0 Å². The number of nitrogens with one attached hydrogen (secondary N) is 1. The molecule has 0 bridgehead atoms. The van der Waals surface area contributed by atoms with Gasteiger partial charge in [-0.1, -0.05) is 24.6 Å². The third-order valence-corrected chi connectivity index (χ3v) is 2.95. The molecule has 2 atom stereocenters. The molecule has 0 aliphatic rings. The average Bonchev–Trinajstić information content (AvgIpc) is 2.37. The fourth-order valence-corrected chi connectivity index (χ4v) is 1.77. The average molecular weight is 267 g/mol. The van der Waals surface area contributed by atoms with E-state index in [9.17, 15) is 5.11 Å². The van der Waals surface area contributed by atoms with E-state index in [1.807, 2.05) is 32.9 Å². The van der Waals surface area contributed by atoms with Gasteiger partial charge in [0.25, 0.3) is 0 Å². The Labute approximate surface area is 115 Å². The van der Waals surface area contributed by atoms with Crippen molar-refractivity contribution in [1.82, 2.24) is 5.32 Å². The molecule has 108 valence electrons. The van der Waals surface area contributed by atoms with E-state index in [2.05, 4.69) is 11.4 Å². The first-order valence-electron chi connectivity index (χ1n) is 6.72. The molecule has 0 amide bonds. The van der Waals surface area contributed by atoms with Crippen molar-refractivity contribution in [3.63, 3.8) is 0 Å². The summed E-state index contributed by atoms with van der Waals surface area (Å²) in [5, 5.41) is 21.8. The number of ether oxygens (including phenoxy) is 1. The lowest BCUT2D eigenvalue weighted by Gasteiger charge is -2.16. The maximum absolute atomic E-state index is 9.79. The van der Waals surface area contributed by atoms with Crippen LogP contribution in [0.3, 0.4) is 0 Å². The first kappa shape index (κ1) is 16.0. The summed E-state index contributed by atoms with van der Waals surface area (Å²) in [6.45, 7) is 7.57. The Morgan fingerprint density at radius 3 is 2.63 bits per heavy atom. The van der Waals surface area contributed by atoms with Crippen LogP contribution in [-0.2, 0) is 0 Å². The predicted molar refractivity (Wildman–Crippen MR) is 76.5 cm³/mol. The number of aryl methyl sites for hydroxylation is 2. The normalized spacial score (nSPS) is 14.2. The van der Waals surface area contributed by atoms with Gasteiger partial charge in [-0.05, 0) is 37.9 Å². The first-order chi connectivity index (χ1) is 9.02. The van der Waals surface area contributed by atoms with Crippen LogP contribution in [0.15, 0.2) is 18.2 Å². The van der Waals surface area contributed by atoms with Crippen LogP contribution in [0.5, 0.6) is 5.75 Å². The first-order valence-corrected chi connectivity index (χ1v) is 6.72. The molecule has 19 heavy (non-hydrogen) atoms. The van der Waals surface area contributed by atoms with Crippen molar-refractivity contribution in [2.45, 2.75) is 26.9 Å². The molecule has 0 saturated heterocycles. The van der Waals surface area contributed by atoms with Gasteiger partial charge < -0.3 is 20.3 Å². The molecule has 0 aromatic heterocycles. The highest BCUT2D eigenvalue weighted by Gasteiger charge is 2.07. The molecule has 3 N–H and O–H groups in total. The van der Waals surface area contributed by atoms with Gasteiger partial charge in [-0.2, -0.15) is 0 Å². The van der Waals surface area contributed by atoms with Crippen molar-refractivity contribution in [3.05, 3.63) is 29.3 Å². The Kier molecular flexibility index (Phi) is 6.84. The molecule has 0 aliphatic carbocycles. The standard InChI is InChI=1S/C15H25NO3/c1-11-4-5-15(13(3)6-11)19-10-14(18)8-16-7-12(2)9-17/h4-6,12,14,16-18H,7-10H2,1-3H3. The van der Waals surface area contributed by atoms with E-state index in [0.29, 0.717) is 13.1 Å². The van der Waals surface area contributed by atoms with Crippen LogP contribution in [0.4, 0.5) is 0 Å². The third-order valence-electron chi connectivity index (χ3n) is 2.95. The Balaban J connectivity index is 2.28. The molecule has 0 saturated carbocycles. The summed E-state index contributed by atoms with van der Waals surface area (Å²) in [6.07, 6.45) is -0.549. The minimum atomic E-state index is -0.549. The molecule has 4 nitrogen and oxygen atoms in total. The van der Waals surface area contributed by atoms with Gasteiger partial charge in [0.2, 0.25) is 0 Å². The maximum atomic E-state index is 9.79. The van der Waals surface area contributed by atoms with E-state index in [4.69, 9.17) is 9.84 Å². The molecule has 0 aliphatic heterocycles. The monoisotopic (exact) mass is 267 g/mol. The number of benzene rings is 1. The van der Waals surface area contributed by atoms with E-state index in [-0.39, 0.29) is 19.1 Å². The fourth-order valence-electron chi connectivity index (χ4n) is 1.77. The largest absolute Gasteiger partial charge is 0.491 e. The number of hydrogen-bond acceptors (Lipinski definition) is 4. The lowest BCUT2D eigenvalue weighted by molar-refractivity contribution is 0.104. The van der Waals surface area contributed by atoms with Crippen LogP contribution < -0.4 is 10.1 Å². The van der Waals surface area contributed by atoms with E-state index in [1.54, 1.807) is 0 Å². The lowest BCUT2D eigenvalue weighted by atomic mass is 10.1. The van der Waals surface area contributed by atoms with Gasteiger partial charge >= 0.3 is 0 Å². The van der Waals surface area contributed by atoms with Gasteiger partial charge in [-0.25, -0.2) is 0 Å². The Hall–Kier alpha value is -1.10. The van der Waals surface area contributed by atoms with Gasteiger partial charge in [0, 0.05) is 13.2 Å². The highest BCUT2D eigenvalue weighted by Crippen LogP contribution is 2.18. The zero-order chi connectivity index (χ0) is 14.3. The van der Waals surface area contributed by atoms with Gasteiger partial charge in [0.15, 0.2) is 0 Å². The van der Waals surface area contributed by atoms with Crippen LogP contribution in [-0.4, -0.2) is 42.6 Å². The molecule has 0 radical (unpaired) electrons. The Morgan fingerprint density at radius 2 is 2.00 bits per heavy atom. The summed E-state index contributed by atoms with van der Waals surface area (Å²) in [5.41, 5.74) is 2.28. The summed E-state index contributed by atoms with van der Waals surface area (Å²) in [5.74, 6) is 1.01. The highest BCUT2D eigenvalue weighted by molar-refractivity contribution is 5.35. The van der Waals surface area contributed by atoms with Crippen molar-refractivity contribution >= 4 is 0 Å². The SMILES string of the molecule is Cc1ccc(OCC(O)CNCC(C)CO)c(C)c1. The topological polar surface area (TPSA) is 61.7 Å². The van der Waals surface area contributed by atoms with Crippen LogP contribution in [0.2, 0.25) is 0 Å². The highest BCUT2D eigenvalue weighted by atomic mass is 16.5. The second-order valence-corrected chi connectivity index (χ2v) is 5.18. The molecule has 0 spiro atoms. The minimum Gasteiger partial charge on any atom is -0.491 e. The third kappa shape index (κ3) is 6.05. The molecule has 1 aromatic carbocycles. The van der Waals surface area contributed by atoms with Gasteiger partial charge in [0.1, 0.15) is 18.5 Å². The maximum Gasteiger partial charge on any atom is 0.122 e. The van der Waals surface area contributed by atoms with Crippen LogP contribution in [0.1, 0.15) is 18.1 Å². The molecular weight excluding hydrogens is 242 g/mol. The van der Waals surface area contributed by atoms with E-state index in [1.165, 1.54) is 5.56 Å². The molecular formula is C15H25NO3. The lowest BCUT2D eigenvalue weighted by Crippen LogP contribution is -2.34. The van der Waals surface area contributed by atoms with Crippen LogP contribution >= 0.6 is 0 Å².